The Morgan fingerprint density at radius 2 is 1.96 bits per heavy atom. The van der Waals surface area contributed by atoms with Crippen LogP contribution < -0.4 is 5.32 Å². The van der Waals surface area contributed by atoms with E-state index in [1.54, 1.807) is 12.3 Å². The minimum atomic E-state index is -0.159. The zero-order valence-electron chi connectivity index (χ0n) is 14.7. The molecule has 142 valence electrons. The molecule has 0 radical (unpaired) electrons. The smallest absolute Gasteiger partial charge is 0.230 e. The lowest BCUT2D eigenvalue weighted by atomic mass is 10.1. The number of carbonyl (C=O) groups is 1. The second-order valence-electron chi connectivity index (χ2n) is 5.75. The number of nitriles is 1. The number of nitrogens with one attached hydrogen (secondary N) is 1. The lowest BCUT2D eigenvalue weighted by molar-refractivity contribution is -0.118. The first kappa shape index (κ1) is 20.3. The van der Waals surface area contributed by atoms with Crippen molar-refractivity contribution in [2.45, 2.75) is 11.6 Å². The van der Waals surface area contributed by atoms with Crippen molar-refractivity contribution in [3.8, 4) is 23.0 Å². The molecule has 1 N–H and O–H groups in total. The zero-order chi connectivity index (χ0) is 19.9. The van der Waals surface area contributed by atoms with Crippen LogP contribution in [0.4, 0.5) is 0 Å². The molecule has 0 spiro atoms. The minimum Gasteiger partial charge on any atom is -0.354 e. The fourth-order valence-electron chi connectivity index (χ4n) is 2.59. The number of carbonyl (C=O) groups excluding carboxylic acids is 1. The molecule has 28 heavy (non-hydrogen) atoms. The lowest BCUT2D eigenvalue weighted by Crippen LogP contribution is -2.26. The predicted molar refractivity (Wildman–Crippen MR) is 113 cm³/mol. The van der Waals surface area contributed by atoms with Crippen LogP contribution in [0.3, 0.4) is 0 Å². The molecule has 0 unspecified atom stereocenters. The standard InChI is InChI=1S/C20H16Cl2N4OS/c21-15-8-4-9-16(19(15)22)26-17(14-6-2-1-3-7-14)12-25-20(26)28-13-18(27)24-11-5-10-23/h1-4,6-9,12H,5,11,13H2,(H,24,27). The molecule has 3 rings (SSSR count). The van der Waals surface area contributed by atoms with E-state index in [0.29, 0.717) is 27.4 Å². The molecule has 0 aliphatic heterocycles. The number of rotatable bonds is 7. The molecule has 0 aliphatic rings. The third kappa shape index (κ3) is 4.68. The normalized spacial score (nSPS) is 10.5. The van der Waals surface area contributed by atoms with Crippen LogP contribution in [0, 0.1) is 11.3 Å². The largest absolute Gasteiger partial charge is 0.354 e. The molecule has 0 fully saturated rings. The number of amides is 1. The highest BCUT2D eigenvalue weighted by atomic mass is 35.5. The fourth-order valence-corrected chi connectivity index (χ4v) is 3.78. The molecule has 0 atom stereocenters. The maximum atomic E-state index is 12.0. The van der Waals surface area contributed by atoms with Crippen molar-refractivity contribution < 1.29 is 4.79 Å². The average molecular weight is 431 g/mol. The van der Waals surface area contributed by atoms with Gasteiger partial charge in [0.25, 0.3) is 0 Å². The number of halogens is 2. The van der Waals surface area contributed by atoms with Gasteiger partial charge in [0, 0.05) is 12.1 Å². The summed E-state index contributed by atoms with van der Waals surface area (Å²) in [6.07, 6.45) is 2.03. The van der Waals surface area contributed by atoms with E-state index < -0.39 is 0 Å². The molecule has 8 heteroatoms. The van der Waals surface area contributed by atoms with Crippen LogP contribution >= 0.6 is 35.0 Å². The van der Waals surface area contributed by atoms with E-state index in [1.807, 2.05) is 53.1 Å². The summed E-state index contributed by atoms with van der Waals surface area (Å²) in [4.78, 5) is 16.5. The van der Waals surface area contributed by atoms with Crippen LogP contribution in [0.5, 0.6) is 0 Å². The van der Waals surface area contributed by atoms with Crippen molar-refractivity contribution in [1.82, 2.24) is 14.9 Å². The second-order valence-corrected chi connectivity index (χ2v) is 7.47. The average Bonchev–Trinajstić information content (AvgIpc) is 3.13. The van der Waals surface area contributed by atoms with Gasteiger partial charge in [-0.3, -0.25) is 9.36 Å². The molecular weight excluding hydrogens is 415 g/mol. The first-order chi connectivity index (χ1) is 13.6. The summed E-state index contributed by atoms with van der Waals surface area (Å²) in [6, 6.07) is 17.2. The molecule has 1 amide bonds. The Kier molecular flexibility index (Phi) is 6.99. The van der Waals surface area contributed by atoms with E-state index in [4.69, 9.17) is 28.5 Å². The van der Waals surface area contributed by atoms with Gasteiger partial charge in [0.15, 0.2) is 5.16 Å². The van der Waals surface area contributed by atoms with Gasteiger partial charge in [-0.15, -0.1) is 0 Å². The van der Waals surface area contributed by atoms with Gasteiger partial charge in [-0.1, -0.05) is 71.4 Å². The number of hydrogen-bond acceptors (Lipinski definition) is 4. The topological polar surface area (TPSA) is 70.7 Å². The number of aromatic nitrogens is 2. The van der Waals surface area contributed by atoms with E-state index in [9.17, 15) is 4.79 Å². The Bertz CT molecular complexity index is 1010. The molecule has 1 heterocycles. The van der Waals surface area contributed by atoms with Crippen LogP contribution in [0.15, 0.2) is 59.9 Å². The number of imidazole rings is 1. The first-order valence-corrected chi connectivity index (χ1v) is 10.2. The maximum absolute atomic E-state index is 12.0. The van der Waals surface area contributed by atoms with Crippen molar-refractivity contribution in [3.05, 3.63) is 64.8 Å². The van der Waals surface area contributed by atoms with Gasteiger partial charge in [0.05, 0.1) is 45.9 Å². The molecule has 0 saturated carbocycles. The van der Waals surface area contributed by atoms with Crippen molar-refractivity contribution >= 4 is 40.9 Å². The first-order valence-electron chi connectivity index (χ1n) is 8.46. The molecule has 0 aliphatic carbocycles. The monoisotopic (exact) mass is 430 g/mol. The van der Waals surface area contributed by atoms with E-state index >= 15 is 0 Å². The Morgan fingerprint density at radius 3 is 2.71 bits per heavy atom. The minimum absolute atomic E-state index is 0.159. The third-order valence-electron chi connectivity index (χ3n) is 3.86. The van der Waals surface area contributed by atoms with Gasteiger partial charge in [-0.2, -0.15) is 5.26 Å². The number of benzene rings is 2. The van der Waals surface area contributed by atoms with Gasteiger partial charge < -0.3 is 5.32 Å². The van der Waals surface area contributed by atoms with Gasteiger partial charge >= 0.3 is 0 Å². The van der Waals surface area contributed by atoms with E-state index in [1.165, 1.54) is 11.8 Å². The summed E-state index contributed by atoms with van der Waals surface area (Å²) in [5.74, 6) is 0.0164. The molecule has 0 bridgehead atoms. The summed E-state index contributed by atoms with van der Waals surface area (Å²) < 4.78 is 1.90. The Balaban J connectivity index is 1.95. The van der Waals surface area contributed by atoms with Crippen LogP contribution in [-0.2, 0) is 4.79 Å². The third-order valence-corrected chi connectivity index (χ3v) is 5.62. The molecule has 0 saturated heterocycles. The molecule has 3 aromatic rings. The highest BCUT2D eigenvalue weighted by Crippen LogP contribution is 2.35. The van der Waals surface area contributed by atoms with Gasteiger partial charge in [0.1, 0.15) is 0 Å². The van der Waals surface area contributed by atoms with Crippen LogP contribution in [0.1, 0.15) is 6.42 Å². The maximum Gasteiger partial charge on any atom is 0.230 e. The van der Waals surface area contributed by atoms with Crippen LogP contribution in [0.2, 0.25) is 10.0 Å². The van der Waals surface area contributed by atoms with Crippen molar-refractivity contribution in [2.75, 3.05) is 12.3 Å². The zero-order valence-corrected chi connectivity index (χ0v) is 17.1. The highest BCUT2D eigenvalue weighted by molar-refractivity contribution is 7.99. The molecular formula is C20H16Cl2N4OS. The molecule has 1 aromatic heterocycles. The molecule has 2 aromatic carbocycles. The van der Waals surface area contributed by atoms with Crippen LogP contribution in [-0.4, -0.2) is 27.8 Å². The summed E-state index contributed by atoms with van der Waals surface area (Å²) in [6.45, 7) is 0.333. The van der Waals surface area contributed by atoms with Gasteiger partial charge in [-0.25, -0.2) is 4.98 Å². The van der Waals surface area contributed by atoms with E-state index in [2.05, 4.69) is 10.3 Å². The summed E-state index contributed by atoms with van der Waals surface area (Å²) in [7, 11) is 0. The van der Waals surface area contributed by atoms with Gasteiger partial charge in [-0.05, 0) is 12.1 Å². The summed E-state index contributed by atoms with van der Waals surface area (Å²) in [5.41, 5.74) is 2.51. The summed E-state index contributed by atoms with van der Waals surface area (Å²) in [5, 5.41) is 12.8. The number of hydrogen-bond donors (Lipinski definition) is 1. The van der Waals surface area contributed by atoms with Crippen molar-refractivity contribution in [2.24, 2.45) is 0 Å². The van der Waals surface area contributed by atoms with Gasteiger partial charge in [0.2, 0.25) is 5.91 Å². The Morgan fingerprint density at radius 1 is 1.18 bits per heavy atom. The second kappa shape index (κ2) is 9.65. The number of thioether (sulfide) groups is 1. The quantitative estimate of drug-likeness (QED) is 0.424. The molecule has 5 nitrogen and oxygen atoms in total. The van der Waals surface area contributed by atoms with E-state index in [-0.39, 0.29) is 18.1 Å². The highest BCUT2D eigenvalue weighted by Gasteiger charge is 2.18. The van der Waals surface area contributed by atoms with Crippen molar-refractivity contribution in [3.63, 3.8) is 0 Å². The summed E-state index contributed by atoms with van der Waals surface area (Å²) >= 11 is 14.0. The number of nitrogens with zero attached hydrogens (tertiary/aromatic N) is 3. The lowest BCUT2D eigenvalue weighted by Gasteiger charge is -2.14. The Hall–Kier alpha value is -2.46. The fraction of sp³-hybridized carbons (Fsp3) is 0.150. The Labute approximate surface area is 177 Å². The SMILES string of the molecule is N#CCCNC(=O)CSc1ncc(-c2ccccc2)n1-c1cccc(Cl)c1Cl. The van der Waals surface area contributed by atoms with E-state index in [0.717, 1.165) is 11.3 Å². The van der Waals surface area contributed by atoms with Crippen molar-refractivity contribution in [1.29, 1.82) is 5.26 Å². The van der Waals surface area contributed by atoms with Crippen LogP contribution in [0.25, 0.3) is 16.9 Å². The predicted octanol–water partition coefficient (Wildman–Crippen LogP) is 4.97.